The zero-order valence-corrected chi connectivity index (χ0v) is 10.9. The van der Waals surface area contributed by atoms with Gasteiger partial charge in [-0.2, -0.15) is 0 Å². The van der Waals surface area contributed by atoms with E-state index in [1.54, 1.807) is 0 Å². The van der Waals surface area contributed by atoms with Gasteiger partial charge in [0.1, 0.15) is 0 Å². The predicted molar refractivity (Wildman–Crippen MR) is 70.9 cm³/mol. The van der Waals surface area contributed by atoms with Gasteiger partial charge in [0.15, 0.2) is 0 Å². The first kappa shape index (κ1) is 12.1. The number of nitrogens with two attached hydrogens (primary N) is 1. The van der Waals surface area contributed by atoms with Crippen molar-refractivity contribution in [2.75, 3.05) is 19.6 Å². The third-order valence-corrected chi connectivity index (χ3v) is 4.63. The number of likely N-dealkylation sites (tertiary alicyclic amines) is 1. The van der Waals surface area contributed by atoms with Crippen LogP contribution in [0.15, 0.2) is 11.4 Å². The van der Waals surface area contributed by atoms with E-state index in [9.17, 15) is 0 Å². The molecule has 1 fully saturated rings. The van der Waals surface area contributed by atoms with Crippen LogP contribution in [0.4, 0.5) is 0 Å². The summed E-state index contributed by atoms with van der Waals surface area (Å²) in [6, 6.07) is 2.67. The van der Waals surface area contributed by atoms with Crippen LogP contribution in [0.2, 0.25) is 0 Å². The lowest BCUT2D eigenvalue weighted by atomic mass is 10.1. The van der Waals surface area contributed by atoms with Gasteiger partial charge >= 0.3 is 0 Å². The highest BCUT2D eigenvalue weighted by molar-refractivity contribution is 7.10. The van der Waals surface area contributed by atoms with Gasteiger partial charge in [-0.15, -0.1) is 11.3 Å². The smallest absolute Gasteiger partial charge is 0.0566 e. The molecule has 0 saturated carbocycles. The summed E-state index contributed by atoms with van der Waals surface area (Å²) < 4.78 is 0. The molecule has 1 aliphatic heterocycles. The maximum Gasteiger partial charge on any atom is 0.0566 e. The third kappa shape index (κ3) is 2.65. The monoisotopic (exact) mass is 238 g/mol. The highest BCUT2D eigenvalue weighted by Gasteiger charge is 2.22. The molecular weight excluding hydrogens is 216 g/mol. The van der Waals surface area contributed by atoms with Crippen LogP contribution in [0.1, 0.15) is 42.2 Å². The van der Waals surface area contributed by atoms with E-state index in [-0.39, 0.29) is 0 Å². The molecule has 0 amide bonds. The van der Waals surface area contributed by atoms with Gasteiger partial charge in [0.2, 0.25) is 0 Å². The van der Waals surface area contributed by atoms with Crippen LogP contribution in [0, 0.1) is 6.92 Å². The fraction of sp³-hybridized carbons (Fsp3) is 0.692. The zero-order chi connectivity index (χ0) is 11.4. The van der Waals surface area contributed by atoms with Crippen molar-refractivity contribution >= 4 is 11.3 Å². The minimum Gasteiger partial charge on any atom is -0.329 e. The summed E-state index contributed by atoms with van der Waals surface area (Å²) in [5.41, 5.74) is 7.39. The van der Waals surface area contributed by atoms with Gasteiger partial charge in [-0.25, -0.2) is 0 Å². The molecule has 16 heavy (non-hydrogen) atoms. The normalized spacial score (nSPS) is 20.6. The van der Waals surface area contributed by atoms with E-state index in [2.05, 4.69) is 23.3 Å². The Kier molecular flexibility index (Phi) is 4.38. The van der Waals surface area contributed by atoms with Crippen molar-refractivity contribution in [2.24, 2.45) is 5.73 Å². The molecule has 0 aromatic carbocycles. The Balaban J connectivity index is 2.12. The maximum atomic E-state index is 5.98. The van der Waals surface area contributed by atoms with Crippen LogP contribution < -0.4 is 5.73 Å². The van der Waals surface area contributed by atoms with Crippen LogP contribution in [-0.4, -0.2) is 24.5 Å². The second kappa shape index (κ2) is 5.80. The lowest BCUT2D eigenvalue weighted by Crippen LogP contribution is -2.34. The number of thiophene rings is 1. The van der Waals surface area contributed by atoms with Gasteiger partial charge in [0.05, 0.1) is 6.04 Å². The number of nitrogens with zero attached hydrogens (tertiary/aromatic N) is 1. The number of aryl methyl sites for hydroxylation is 1. The van der Waals surface area contributed by atoms with Crippen LogP contribution in [0.5, 0.6) is 0 Å². The van der Waals surface area contributed by atoms with Crippen molar-refractivity contribution in [3.8, 4) is 0 Å². The standard InChI is InChI=1S/C13H22N2S/c1-11-6-9-16-13(11)12(10-14)15-7-4-2-3-5-8-15/h6,9,12H,2-5,7-8,10,14H2,1H3. The third-order valence-electron chi connectivity index (χ3n) is 3.51. The maximum absolute atomic E-state index is 5.98. The van der Waals surface area contributed by atoms with E-state index >= 15 is 0 Å². The summed E-state index contributed by atoms with van der Waals surface area (Å²) in [7, 11) is 0. The van der Waals surface area contributed by atoms with Gasteiger partial charge in [0, 0.05) is 11.4 Å². The molecule has 1 atom stereocenters. The predicted octanol–water partition coefficient (Wildman–Crippen LogP) is 2.93. The largest absolute Gasteiger partial charge is 0.329 e. The van der Waals surface area contributed by atoms with Crippen molar-refractivity contribution in [3.05, 3.63) is 21.9 Å². The molecule has 2 nitrogen and oxygen atoms in total. The Labute approximate surface area is 102 Å². The Morgan fingerprint density at radius 2 is 2.00 bits per heavy atom. The Hall–Kier alpha value is -0.380. The molecule has 2 rings (SSSR count). The first-order valence-corrected chi connectivity index (χ1v) is 7.19. The van der Waals surface area contributed by atoms with Crippen molar-refractivity contribution in [2.45, 2.75) is 38.6 Å². The van der Waals surface area contributed by atoms with E-state index in [0.29, 0.717) is 6.04 Å². The van der Waals surface area contributed by atoms with Crippen molar-refractivity contribution < 1.29 is 0 Å². The second-order valence-corrected chi connectivity index (χ2v) is 5.62. The summed E-state index contributed by atoms with van der Waals surface area (Å²) in [5.74, 6) is 0. The molecule has 0 aliphatic carbocycles. The molecule has 0 bridgehead atoms. The van der Waals surface area contributed by atoms with Crippen LogP contribution in [0.25, 0.3) is 0 Å². The average molecular weight is 238 g/mol. The van der Waals surface area contributed by atoms with Crippen molar-refractivity contribution in [3.63, 3.8) is 0 Å². The fourth-order valence-electron chi connectivity index (χ4n) is 2.55. The highest BCUT2D eigenvalue weighted by Crippen LogP contribution is 2.29. The second-order valence-electron chi connectivity index (χ2n) is 4.67. The molecule has 0 spiro atoms. The summed E-state index contributed by atoms with van der Waals surface area (Å²) in [4.78, 5) is 4.07. The fourth-order valence-corrected chi connectivity index (χ4v) is 3.63. The highest BCUT2D eigenvalue weighted by atomic mass is 32.1. The van der Waals surface area contributed by atoms with Crippen LogP contribution in [-0.2, 0) is 0 Å². The lowest BCUT2D eigenvalue weighted by molar-refractivity contribution is 0.212. The topological polar surface area (TPSA) is 29.3 Å². The minimum atomic E-state index is 0.457. The molecule has 1 aromatic rings. The molecule has 1 aromatic heterocycles. The first-order chi connectivity index (χ1) is 7.83. The van der Waals surface area contributed by atoms with Crippen molar-refractivity contribution in [1.82, 2.24) is 4.90 Å². The molecule has 0 radical (unpaired) electrons. The van der Waals surface area contributed by atoms with E-state index < -0.39 is 0 Å². The summed E-state index contributed by atoms with van der Waals surface area (Å²) in [6.07, 6.45) is 5.44. The lowest BCUT2D eigenvalue weighted by Gasteiger charge is -2.29. The number of hydrogen-bond acceptors (Lipinski definition) is 3. The molecular formula is C13H22N2S. The molecule has 1 saturated heterocycles. The van der Waals surface area contributed by atoms with Gasteiger partial charge < -0.3 is 5.73 Å². The zero-order valence-electron chi connectivity index (χ0n) is 10.1. The SMILES string of the molecule is Cc1ccsc1C(CN)N1CCCCCC1. The molecule has 3 heteroatoms. The van der Waals surface area contributed by atoms with E-state index in [1.807, 2.05) is 11.3 Å². The average Bonchev–Trinajstić information content (AvgIpc) is 2.57. The van der Waals surface area contributed by atoms with E-state index in [0.717, 1.165) is 6.54 Å². The Morgan fingerprint density at radius 3 is 2.50 bits per heavy atom. The summed E-state index contributed by atoms with van der Waals surface area (Å²) in [5, 5.41) is 2.19. The Morgan fingerprint density at radius 1 is 1.31 bits per heavy atom. The first-order valence-electron chi connectivity index (χ1n) is 6.31. The minimum absolute atomic E-state index is 0.457. The molecule has 1 unspecified atom stereocenters. The molecule has 1 aliphatic rings. The van der Waals surface area contributed by atoms with Crippen molar-refractivity contribution in [1.29, 1.82) is 0 Å². The van der Waals surface area contributed by atoms with Crippen LogP contribution in [0.3, 0.4) is 0 Å². The summed E-state index contributed by atoms with van der Waals surface area (Å²) >= 11 is 1.86. The van der Waals surface area contributed by atoms with Gasteiger partial charge in [-0.1, -0.05) is 12.8 Å². The van der Waals surface area contributed by atoms with Gasteiger partial charge in [0.25, 0.3) is 0 Å². The molecule has 2 N–H and O–H groups in total. The van der Waals surface area contributed by atoms with Crippen LogP contribution >= 0.6 is 11.3 Å². The number of rotatable bonds is 3. The van der Waals surface area contributed by atoms with Gasteiger partial charge in [-0.05, 0) is 49.9 Å². The van der Waals surface area contributed by atoms with E-state index in [1.165, 1.54) is 49.2 Å². The quantitative estimate of drug-likeness (QED) is 0.877. The number of hydrogen-bond donors (Lipinski definition) is 1. The molecule has 2 heterocycles. The molecule has 90 valence electrons. The summed E-state index contributed by atoms with van der Waals surface area (Å²) in [6.45, 7) is 5.39. The van der Waals surface area contributed by atoms with Gasteiger partial charge in [-0.3, -0.25) is 4.90 Å². The van der Waals surface area contributed by atoms with E-state index in [4.69, 9.17) is 5.73 Å². The Bertz CT molecular complexity index is 313.